The minimum Gasteiger partial charge on any atom is -0.489 e. The molecule has 0 aromatic heterocycles. The summed E-state index contributed by atoms with van der Waals surface area (Å²) in [6, 6.07) is 10.8. The highest BCUT2D eigenvalue weighted by Crippen LogP contribution is 2.20. The summed E-state index contributed by atoms with van der Waals surface area (Å²) in [5.74, 6) is -1.00. The van der Waals surface area contributed by atoms with E-state index in [1.807, 2.05) is 6.07 Å². The molecule has 2 aromatic carbocycles. The van der Waals surface area contributed by atoms with Gasteiger partial charge in [0.05, 0.1) is 5.56 Å². The lowest BCUT2D eigenvalue weighted by Gasteiger charge is -2.08. The van der Waals surface area contributed by atoms with Crippen molar-refractivity contribution in [2.24, 2.45) is 0 Å². The summed E-state index contributed by atoms with van der Waals surface area (Å²) in [5.41, 5.74) is 0.245. The van der Waals surface area contributed by atoms with Crippen LogP contribution in [0.3, 0.4) is 0 Å². The third kappa shape index (κ3) is 3.54. The molecule has 0 amide bonds. The Bertz CT molecular complexity index is 613. The highest BCUT2D eigenvalue weighted by atomic mass is 79.9. The quantitative estimate of drug-likeness (QED) is 0.928. The molecule has 0 spiro atoms. The summed E-state index contributed by atoms with van der Waals surface area (Å²) in [6.07, 6.45) is 0. The molecule has 98 valence electrons. The van der Waals surface area contributed by atoms with Crippen LogP contribution in [0.2, 0.25) is 0 Å². The normalized spacial score (nSPS) is 10.2. The zero-order valence-electron chi connectivity index (χ0n) is 9.77. The number of carbonyl (C=O) groups is 1. The molecule has 0 bridgehead atoms. The van der Waals surface area contributed by atoms with Crippen LogP contribution in [0.5, 0.6) is 5.75 Å². The monoisotopic (exact) mass is 324 g/mol. The summed E-state index contributed by atoms with van der Waals surface area (Å²) in [5, 5.41) is 8.85. The van der Waals surface area contributed by atoms with E-state index in [0.717, 1.165) is 10.5 Å². The second-order valence-electron chi connectivity index (χ2n) is 3.86. The molecule has 1 N–H and O–H groups in total. The highest BCUT2D eigenvalue weighted by molar-refractivity contribution is 9.10. The number of ether oxygens (including phenoxy) is 1. The second kappa shape index (κ2) is 5.84. The van der Waals surface area contributed by atoms with Gasteiger partial charge in [-0.15, -0.1) is 0 Å². The van der Waals surface area contributed by atoms with E-state index in [1.54, 1.807) is 18.2 Å². The van der Waals surface area contributed by atoms with Gasteiger partial charge < -0.3 is 9.84 Å². The van der Waals surface area contributed by atoms with Gasteiger partial charge in [0.2, 0.25) is 0 Å². The summed E-state index contributed by atoms with van der Waals surface area (Å²) >= 11 is 3.30. The van der Waals surface area contributed by atoms with Crippen molar-refractivity contribution in [3.05, 3.63) is 63.9 Å². The van der Waals surface area contributed by atoms with E-state index in [9.17, 15) is 9.18 Å². The first-order valence-corrected chi connectivity index (χ1v) is 6.25. The van der Waals surface area contributed by atoms with Gasteiger partial charge in [-0.1, -0.05) is 22.0 Å². The molecule has 0 atom stereocenters. The maximum absolute atomic E-state index is 13.5. The van der Waals surface area contributed by atoms with Crippen LogP contribution in [0.15, 0.2) is 46.9 Å². The van der Waals surface area contributed by atoms with E-state index >= 15 is 0 Å². The first-order chi connectivity index (χ1) is 9.06. The molecule has 0 unspecified atom stereocenters. The minimum absolute atomic E-state index is 0.0244. The Labute approximate surface area is 117 Å². The summed E-state index contributed by atoms with van der Waals surface area (Å²) in [6.45, 7) is -0.0244. The van der Waals surface area contributed by atoms with Crippen molar-refractivity contribution in [1.82, 2.24) is 0 Å². The number of carboxylic acids is 1. The second-order valence-corrected chi connectivity index (χ2v) is 4.77. The number of aromatic carboxylic acids is 1. The fourth-order valence-electron chi connectivity index (χ4n) is 1.54. The molecule has 5 heteroatoms. The van der Waals surface area contributed by atoms with Crippen LogP contribution in [0.1, 0.15) is 15.9 Å². The number of rotatable bonds is 4. The average Bonchev–Trinajstić information content (AvgIpc) is 2.37. The van der Waals surface area contributed by atoms with Crippen LogP contribution in [0.25, 0.3) is 0 Å². The number of hydrogen-bond donors (Lipinski definition) is 1. The highest BCUT2D eigenvalue weighted by Gasteiger charge is 2.09. The third-order valence-corrected chi connectivity index (χ3v) is 2.98. The van der Waals surface area contributed by atoms with Crippen molar-refractivity contribution < 1.29 is 19.0 Å². The molecule has 0 saturated heterocycles. The Balaban J connectivity index is 2.15. The molecular weight excluding hydrogens is 315 g/mol. The molecule has 0 saturated carbocycles. The summed E-state index contributed by atoms with van der Waals surface area (Å²) in [4.78, 5) is 10.8. The van der Waals surface area contributed by atoms with E-state index in [4.69, 9.17) is 9.84 Å². The first kappa shape index (κ1) is 13.5. The molecule has 0 fully saturated rings. The predicted octanol–water partition coefficient (Wildman–Crippen LogP) is 3.87. The van der Waals surface area contributed by atoms with Gasteiger partial charge in [-0.2, -0.15) is 0 Å². The summed E-state index contributed by atoms with van der Waals surface area (Å²) < 4.78 is 19.8. The third-order valence-electron chi connectivity index (χ3n) is 2.48. The van der Waals surface area contributed by atoms with E-state index in [1.165, 1.54) is 12.1 Å². The molecule has 19 heavy (non-hydrogen) atoms. The first-order valence-electron chi connectivity index (χ1n) is 5.46. The number of hydrogen-bond acceptors (Lipinski definition) is 2. The molecule has 2 rings (SSSR count). The van der Waals surface area contributed by atoms with Crippen LogP contribution in [0.4, 0.5) is 4.39 Å². The number of benzene rings is 2. The molecule has 0 heterocycles. The molecule has 3 nitrogen and oxygen atoms in total. The van der Waals surface area contributed by atoms with Crippen LogP contribution in [-0.2, 0) is 6.61 Å². The van der Waals surface area contributed by atoms with Crippen LogP contribution < -0.4 is 4.74 Å². The Morgan fingerprint density at radius 2 is 2.05 bits per heavy atom. The van der Waals surface area contributed by atoms with Crippen LogP contribution in [-0.4, -0.2) is 11.1 Å². The Morgan fingerprint density at radius 3 is 2.74 bits per heavy atom. The van der Waals surface area contributed by atoms with Gasteiger partial charge in [-0.25, -0.2) is 9.18 Å². The zero-order chi connectivity index (χ0) is 13.8. The van der Waals surface area contributed by atoms with Crippen molar-refractivity contribution >= 4 is 21.9 Å². The summed E-state index contributed by atoms with van der Waals surface area (Å²) in [7, 11) is 0. The largest absolute Gasteiger partial charge is 0.489 e. The average molecular weight is 325 g/mol. The maximum atomic E-state index is 13.5. The van der Waals surface area contributed by atoms with E-state index < -0.39 is 11.8 Å². The fraction of sp³-hybridized carbons (Fsp3) is 0.0714. The van der Waals surface area contributed by atoms with Gasteiger partial charge in [0.15, 0.2) is 0 Å². The molecule has 0 aliphatic heterocycles. The van der Waals surface area contributed by atoms with Crippen LogP contribution >= 0.6 is 15.9 Å². The van der Waals surface area contributed by atoms with E-state index in [2.05, 4.69) is 15.9 Å². The molecule has 0 radical (unpaired) electrons. The van der Waals surface area contributed by atoms with Gasteiger partial charge >= 0.3 is 5.97 Å². The Hall–Kier alpha value is -1.88. The number of halogens is 2. The number of carboxylic acid groups (broad SMARTS) is 1. The van der Waals surface area contributed by atoms with Crippen molar-refractivity contribution in [2.45, 2.75) is 6.61 Å². The smallest absolute Gasteiger partial charge is 0.335 e. The van der Waals surface area contributed by atoms with Gasteiger partial charge in [-0.3, -0.25) is 0 Å². The SMILES string of the molecule is O=C(O)c1ccc(F)c(COc2cccc(Br)c2)c1. The lowest BCUT2D eigenvalue weighted by Crippen LogP contribution is -2.03. The van der Waals surface area contributed by atoms with Gasteiger partial charge in [0.25, 0.3) is 0 Å². The maximum Gasteiger partial charge on any atom is 0.335 e. The Kier molecular flexibility index (Phi) is 4.16. The Morgan fingerprint density at radius 1 is 1.26 bits per heavy atom. The van der Waals surface area contributed by atoms with Crippen molar-refractivity contribution in [3.63, 3.8) is 0 Å². The molecule has 0 aliphatic rings. The van der Waals surface area contributed by atoms with E-state index in [-0.39, 0.29) is 17.7 Å². The lowest BCUT2D eigenvalue weighted by molar-refractivity contribution is 0.0696. The van der Waals surface area contributed by atoms with E-state index in [0.29, 0.717) is 5.75 Å². The topological polar surface area (TPSA) is 46.5 Å². The standard InChI is InChI=1S/C14H10BrFO3/c15-11-2-1-3-12(7-11)19-8-10-6-9(14(17)18)4-5-13(10)16/h1-7H,8H2,(H,17,18). The minimum atomic E-state index is -1.09. The van der Waals surface area contributed by atoms with Crippen LogP contribution in [0, 0.1) is 5.82 Å². The molecule has 2 aromatic rings. The molecular formula is C14H10BrFO3. The lowest BCUT2D eigenvalue weighted by atomic mass is 10.1. The van der Waals surface area contributed by atoms with Crippen molar-refractivity contribution in [1.29, 1.82) is 0 Å². The fourth-order valence-corrected chi connectivity index (χ4v) is 1.91. The van der Waals surface area contributed by atoms with Crippen molar-refractivity contribution in [2.75, 3.05) is 0 Å². The molecule has 0 aliphatic carbocycles. The zero-order valence-corrected chi connectivity index (χ0v) is 11.4. The van der Waals surface area contributed by atoms with Crippen molar-refractivity contribution in [3.8, 4) is 5.75 Å². The predicted molar refractivity (Wildman–Crippen MR) is 71.8 cm³/mol. The van der Waals surface area contributed by atoms with Gasteiger partial charge in [-0.05, 0) is 36.4 Å². The van der Waals surface area contributed by atoms with Gasteiger partial charge in [0.1, 0.15) is 18.2 Å². The van der Waals surface area contributed by atoms with Gasteiger partial charge in [0, 0.05) is 10.0 Å².